The molecule has 3 atom stereocenters. The Morgan fingerprint density at radius 2 is 1.58 bits per heavy atom. The molecule has 0 aromatic heterocycles. The van der Waals surface area contributed by atoms with Crippen LogP contribution in [0.15, 0.2) is 0 Å². The number of carbonyl (C=O) groups excluding carboxylic acids is 3. The summed E-state index contributed by atoms with van der Waals surface area (Å²) < 4.78 is 0. The summed E-state index contributed by atoms with van der Waals surface area (Å²) >= 11 is 0. The summed E-state index contributed by atoms with van der Waals surface area (Å²) in [7, 11) is 0. The molecule has 33 heavy (non-hydrogen) atoms. The zero-order valence-corrected chi connectivity index (χ0v) is 19.5. The summed E-state index contributed by atoms with van der Waals surface area (Å²) in [5, 5.41) is 26.3. The number of unbranched alkanes of at least 4 members (excludes halogenated alkanes) is 1. The van der Waals surface area contributed by atoms with Crippen LogP contribution in [-0.4, -0.2) is 72.5 Å². The van der Waals surface area contributed by atoms with Gasteiger partial charge in [0, 0.05) is 6.54 Å². The lowest BCUT2D eigenvalue weighted by Gasteiger charge is -2.21. The van der Waals surface area contributed by atoms with E-state index in [1.165, 1.54) is 0 Å². The zero-order chi connectivity index (χ0) is 25.4. The van der Waals surface area contributed by atoms with E-state index < -0.39 is 48.4 Å². The monoisotopic (exact) mass is 472 g/mol. The molecule has 0 spiro atoms. The van der Waals surface area contributed by atoms with Gasteiger partial charge in [-0.25, -0.2) is 4.79 Å². The number of rotatable bonds is 17. The van der Waals surface area contributed by atoms with Crippen molar-refractivity contribution in [1.29, 1.82) is 5.41 Å². The topological polar surface area (TPSA) is 239 Å². The molecule has 0 heterocycles. The third-order valence-corrected chi connectivity index (χ3v) is 4.68. The Balaban J connectivity index is 4.78. The first-order valence-corrected chi connectivity index (χ1v) is 11.1. The minimum absolute atomic E-state index is 0.112. The zero-order valence-electron chi connectivity index (χ0n) is 19.5. The molecule has 0 aromatic carbocycles. The molecule has 0 aliphatic heterocycles. The molecule has 0 fully saturated rings. The van der Waals surface area contributed by atoms with E-state index in [9.17, 15) is 24.3 Å². The van der Waals surface area contributed by atoms with Crippen LogP contribution in [0.1, 0.15) is 52.4 Å². The van der Waals surface area contributed by atoms with E-state index >= 15 is 0 Å². The van der Waals surface area contributed by atoms with E-state index in [0.29, 0.717) is 38.6 Å². The van der Waals surface area contributed by atoms with E-state index in [-0.39, 0.29) is 24.8 Å². The highest BCUT2D eigenvalue weighted by molar-refractivity contribution is 5.92. The van der Waals surface area contributed by atoms with Crippen molar-refractivity contribution in [3.8, 4) is 0 Å². The number of nitrogens with two attached hydrogens (primary N) is 3. The molecule has 12 N–H and O–H groups in total. The molecule has 0 saturated carbocycles. The number of hydrogen-bond acceptors (Lipinski definition) is 7. The number of carbonyl (C=O) groups is 4. The fourth-order valence-corrected chi connectivity index (χ4v) is 2.98. The fourth-order valence-electron chi connectivity index (χ4n) is 2.98. The Kier molecular flexibility index (Phi) is 15.2. The first-order valence-electron chi connectivity index (χ1n) is 11.1. The standard InChI is InChI=1S/C20H40N8O5/c1-12(2)10-13(22)17(30)28-14(6-3-4-8-21)18(31)26-11-16(29)27-15(19(32)33)7-5-9-25-20(23)24/h12-15H,3-11,21-22H2,1-2H3,(H,26,31)(H,27,29)(H,28,30)(H,32,33)(H4,23,24,25)/t13-,14-,15-/m0/s1. The quantitative estimate of drug-likeness (QED) is 0.0640. The van der Waals surface area contributed by atoms with Gasteiger partial charge in [-0.3, -0.25) is 19.8 Å². The van der Waals surface area contributed by atoms with Crippen LogP contribution in [0.2, 0.25) is 0 Å². The van der Waals surface area contributed by atoms with Crippen molar-refractivity contribution < 1.29 is 24.3 Å². The minimum Gasteiger partial charge on any atom is -0.480 e. The van der Waals surface area contributed by atoms with E-state index in [4.69, 9.17) is 22.6 Å². The molecular formula is C20H40N8O5. The van der Waals surface area contributed by atoms with Gasteiger partial charge in [-0.05, 0) is 51.0 Å². The summed E-state index contributed by atoms with van der Waals surface area (Å²) in [5.41, 5.74) is 16.5. The molecule has 0 aliphatic rings. The van der Waals surface area contributed by atoms with E-state index in [1.807, 2.05) is 13.8 Å². The molecule has 0 aromatic rings. The molecule has 3 amide bonds. The van der Waals surface area contributed by atoms with Crippen molar-refractivity contribution in [3.05, 3.63) is 0 Å². The second kappa shape index (κ2) is 16.7. The lowest BCUT2D eigenvalue weighted by Crippen LogP contribution is -2.53. The molecule has 190 valence electrons. The third kappa shape index (κ3) is 14.7. The highest BCUT2D eigenvalue weighted by Crippen LogP contribution is 2.05. The largest absolute Gasteiger partial charge is 0.480 e. The molecule has 0 unspecified atom stereocenters. The van der Waals surface area contributed by atoms with Gasteiger partial charge in [0.25, 0.3) is 0 Å². The van der Waals surface area contributed by atoms with Gasteiger partial charge in [0.1, 0.15) is 12.1 Å². The second-order valence-electron chi connectivity index (χ2n) is 8.24. The van der Waals surface area contributed by atoms with Crippen LogP contribution in [-0.2, 0) is 19.2 Å². The highest BCUT2D eigenvalue weighted by atomic mass is 16.4. The number of hydrogen-bond donors (Lipinski definition) is 9. The maximum Gasteiger partial charge on any atom is 0.326 e. The fraction of sp³-hybridized carbons (Fsp3) is 0.750. The molecular weight excluding hydrogens is 432 g/mol. The number of aliphatic carboxylic acids is 1. The van der Waals surface area contributed by atoms with Gasteiger partial charge in [0.15, 0.2) is 5.96 Å². The average molecular weight is 473 g/mol. The molecule has 13 nitrogen and oxygen atoms in total. The first kappa shape index (κ1) is 30.1. The van der Waals surface area contributed by atoms with Crippen molar-refractivity contribution >= 4 is 29.7 Å². The Hall–Kier alpha value is -2.93. The summed E-state index contributed by atoms with van der Waals surface area (Å²) in [4.78, 5) is 48.4. The molecule has 13 heteroatoms. The van der Waals surface area contributed by atoms with Gasteiger partial charge in [0.05, 0.1) is 12.6 Å². The SMILES string of the molecule is CC(C)C[C@H](N)C(=O)N[C@@H](CCCCN)C(=O)NCC(=O)N[C@@H](CCCNC(=N)N)C(=O)O. The van der Waals surface area contributed by atoms with Crippen molar-refractivity contribution in [2.24, 2.45) is 23.1 Å². The van der Waals surface area contributed by atoms with Gasteiger partial charge < -0.3 is 43.6 Å². The van der Waals surface area contributed by atoms with Crippen LogP contribution < -0.4 is 38.5 Å². The predicted molar refractivity (Wildman–Crippen MR) is 124 cm³/mol. The summed E-state index contributed by atoms with van der Waals surface area (Å²) in [6.45, 7) is 4.14. The predicted octanol–water partition coefficient (Wildman–Crippen LogP) is -2.08. The minimum atomic E-state index is -1.22. The maximum absolute atomic E-state index is 12.6. The van der Waals surface area contributed by atoms with Gasteiger partial charge in [-0.15, -0.1) is 0 Å². The average Bonchev–Trinajstić information content (AvgIpc) is 2.72. The van der Waals surface area contributed by atoms with Gasteiger partial charge in [-0.2, -0.15) is 0 Å². The molecule has 0 radical (unpaired) electrons. The molecule has 0 bridgehead atoms. The molecule has 0 aliphatic carbocycles. The molecule has 0 saturated heterocycles. The van der Waals surface area contributed by atoms with Crippen LogP contribution in [0.3, 0.4) is 0 Å². The van der Waals surface area contributed by atoms with Crippen molar-refractivity contribution in [1.82, 2.24) is 21.3 Å². The van der Waals surface area contributed by atoms with Gasteiger partial charge >= 0.3 is 5.97 Å². The van der Waals surface area contributed by atoms with Gasteiger partial charge in [-0.1, -0.05) is 13.8 Å². The van der Waals surface area contributed by atoms with Crippen molar-refractivity contribution in [2.75, 3.05) is 19.6 Å². The Morgan fingerprint density at radius 3 is 2.12 bits per heavy atom. The third-order valence-electron chi connectivity index (χ3n) is 4.68. The summed E-state index contributed by atoms with van der Waals surface area (Å²) in [5.74, 6) is -2.94. The van der Waals surface area contributed by atoms with Crippen LogP contribution in [0, 0.1) is 11.3 Å². The normalized spacial score (nSPS) is 13.5. The first-order chi connectivity index (χ1) is 15.5. The van der Waals surface area contributed by atoms with Crippen LogP contribution in [0.4, 0.5) is 0 Å². The van der Waals surface area contributed by atoms with Gasteiger partial charge in [0.2, 0.25) is 17.7 Å². The Labute approximate surface area is 194 Å². The summed E-state index contributed by atoms with van der Waals surface area (Å²) in [6.07, 6.45) is 2.51. The van der Waals surface area contributed by atoms with Crippen LogP contribution >= 0.6 is 0 Å². The molecule has 0 rings (SSSR count). The van der Waals surface area contributed by atoms with Crippen molar-refractivity contribution in [2.45, 2.75) is 70.5 Å². The number of guanidine groups is 1. The van der Waals surface area contributed by atoms with E-state index in [0.717, 1.165) is 0 Å². The second-order valence-corrected chi connectivity index (χ2v) is 8.24. The maximum atomic E-state index is 12.6. The van der Waals surface area contributed by atoms with Crippen LogP contribution in [0.25, 0.3) is 0 Å². The number of carboxylic acid groups (broad SMARTS) is 1. The smallest absolute Gasteiger partial charge is 0.326 e. The summed E-state index contributed by atoms with van der Waals surface area (Å²) in [6, 6.07) is -2.80. The number of carboxylic acids is 1. The number of nitrogens with one attached hydrogen (secondary N) is 5. The van der Waals surface area contributed by atoms with Crippen molar-refractivity contribution in [3.63, 3.8) is 0 Å². The van der Waals surface area contributed by atoms with E-state index in [1.54, 1.807) is 0 Å². The Morgan fingerprint density at radius 1 is 0.939 bits per heavy atom. The number of amides is 3. The van der Waals surface area contributed by atoms with E-state index in [2.05, 4.69) is 21.3 Å². The highest BCUT2D eigenvalue weighted by Gasteiger charge is 2.25. The lowest BCUT2D eigenvalue weighted by molar-refractivity contribution is -0.142. The van der Waals surface area contributed by atoms with Crippen LogP contribution in [0.5, 0.6) is 0 Å². The Bertz CT molecular complexity index is 658. The lowest BCUT2D eigenvalue weighted by atomic mass is 10.0.